The van der Waals surface area contributed by atoms with Gasteiger partial charge in [0, 0.05) is 19.6 Å². The number of methoxy groups -OCH3 is 1. The second-order valence-corrected chi connectivity index (χ2v) is 4.40. The number of piperazine rings is 1. The lowest BCUT2D eigenvalue weighted by Crippen LogP contribution is -2.50. The molecule has 5 heteroatoms. The van der Waals surface area contributed by atoms with Crippen LogP contribution in [0.4, 0.5) is 5.69 Å². The Labute approximate surface area is 112 Å². The third kappa shape index (κ3) is 2.70. The number of esters is 1. The van der Waals surface area contributed by atoms with Crippen LogP contribution in [0.1, 0.15) is 17.3 Å². The van der Waals surface area contributed by atoms with E-state index in [-0.39, 0.29) is 11.9 Å². The van der Waals surface area contributed by atoms with Gasteiger partial charge >= 0.3 is 5.97 Å². The fourth-order valence-electron chi connectivity index (χ4n) is 2.28. The van der Waals surface area contributed by atoms with Gasteiger partial charge in [0.05, 0.1) is 24.9 Å². The van der Waals surface area contributed by atoms with E-state index in [1.54, 1.807) is 12.1 Å². The minimum atomic E-state index is -0.374. The number of ether oxygens (including phenoxy) is 1. The van der Waals surface area contributed by atoms with Crippen LogP contribution in [0, 0.1) is 0 Å². The molecule has 0 radical (unpaired) electrons. The molecule has 1 fully saturated rings. The van der Waals surface area contributed by atoms with E-state index in [9.17, 15) is 9.59 Å². The van der Waals surface area contributed by atoms with Gasteiger partial charge in [-0.15, -0.1) is 0 Å². The molecule has 1 aromatic rings. The Kier molecular flexibility index (Phi) is 4.04. The Morgan fingerprint density at radius 3 is 2.68 bits per heavy atom. The molecule has 0 bridgehead atoms. The van der Waals surface area contributed by atoms with Crippen molar-refractivity contribution in [1.82, 2.24) is 4.90 Å². The highest BCUT2D eigenvalue weighted by molar-refractivity contribution is 5.97. The van der Waals surface area contributed by atoms with Crippen molar-refractivity contribution in [1.29, 1.82) is 0 Å². The Morgan fingerprint density at radius 1 is 1.32 bits per heavy atom. The van der Waals surface area contributed by atoms with Gasteiger partial charge in [0.25, 0.3) is 0 Å². The SMILES string of the molecule is CCN1CCN(c2ccccc2C(=O)OC)CC1=O. The van der Waals surface area contributed by atoms with E-state index in [0.29, 0.717) is 18.7 Å². The number of carbonyl (C=O) groups is 2. The molecule has 1 aliphatic rings. The average molecular weight is 262 g/mol. The number of nitrogens with zero attached hydrogens (tertiary/aromatic N) is 2. The van der Waals surface area contributed by atoms with E-state index in [4.69, 9.17) is 4.74 Å². The molecule has 0 N–H and O–H groups in total. The number of likely N-dealkylation sites (N-methyl/N-ethyl adjacent to an activating group) is 1. The Bertz CT molecular complexity index is 487. The lowest BCUT2D eigenvalue weighted by atomic mass is 10.1. The van der Waals surface area contributed by atoms with E-state index in [1.807, 2.05) is 28.9 Å². The molecule has 1 aromatic carbocycles. The van der Waals surface area contributed by atoms with E-state index in [2.05, 4.69) is 0 Å². The predicted molar refractivity (Wildman–Crippen MR) is 72.2 cm³/mol. The average Bonchev–Trinajstić information content (AvgIpc) is 2.46. The fraction of sp³-hybridized carbons (Fsp3) is 0.429. The van der Waals surface area contributed by atoms with E-state index in [0.717, 1.165) is 18.8 Å². The number of anilines is 1. The highest BCUT2D eigenvalue weighted by atomic mass is 16.5. The molecule has 0 atom stereocenters. The minimum absolute atomic E-state index is 0.0911. The maximum Gasteiger partial charge on any atom is 0.339 e. The first kappa shape index (κ1) is 13.4. The van der Waals surface area contributed by atoms with Crippen molar-refractivity contribution in [2.75, 3.05) is 38.2 Å². The standard InChI is InChI=1S/C14H18N2O3/c1-3-15-8-9-16(10-13(15)17)12-7-5-4-6-11(12)14(18)19-2/h4-7H,3,8-10H2,1-2H3. The van der Waals surface area contributed by atoms with Crippen LogP contribution in [0.3, 0.4) is 0 Å². The Balaban J connectivity index is 2.23. The van der Waals surface area contributed by atoms with Crippen LogP contribution in [0.25, 0.3) is 0 Å². The number of para-hydroxylation sites is 1. The summed E-state index contributed by atoms with van der Waals surface area (Å²) < 4.78 is 4.78. The first-order valence-electron chi connectivity index (χ1n) is 6.37. The number of carbonyl (C=O) groups excluding carboxylic acids is 2. The summed E-state index contributed by atoms with van der Waals surface area (Å²) in [4.78, 5) is 27.4. The molecule has 0 saturated carbocycles. The lowest BCUT2D eigenvalue weighted by Gasteiger charge is -2.35. The van der Waals surface area contributed by atoms with Crippen molar-refractivity contribution >= 4 is 17.6 Å². The summed E-state index contributed by atoms with van der Waals surface area (Å²) in [6.07, 6.45) is 0. The highest BCUT2D eigenvalue weighted by Gasteiger charge is 2.25. The zero-order valence-corrected chi connectivity index (χ0v) is 11.3. The van der Waals surface area contributed by atoms with Crippen molar-refractivity contribution in [3.05, 3.63) is 29.8 Å². The van der Waals surface area contributed by atoms with Crippen LogP contribution in [-0.4, -0.2) is 50.1 Å². The summed E-state index contributed by atoms with van der Waals surface area (Å²) in [5.74, 6) is -0.283. The zero-order chi connectivity index (χ0) is 13.8. The molecular weight excluding hydrogens is 244 g/mol. The van der Waals surface area contributed by atoms with E-state index >= 15 is 0 Å². The van der Waals surface area contributed by atoms with E-state index < -0.39 is 0 Å². The van der Waals surface area contributed by atoms with Gasteiger partial charge in [-0.1, -0.05) is 12.1 Å². The molecule has 1 aliphatic heterocycles. The number of benzene rings is 1. The summed E-state index contributed by atoms with van der Waals surface area (Å²) in [5, 5.41) is 0. The summed E-state index contributed by atoms with van der Waals surface area (Å²) >= 11 is 0. The summed E-state index contributed by atoms with van der Waals surface area (Å²) in [6.45, 7) is 4.42. The second-order valence-electron chi connectivity index (χ2n) is 4.40. The van der Waals surface area contributed by atoms with Crippen LogP contribution >= 0.6 is 0 Å². The molecule has 19 heavy (non-hydrogen) atoms. The van der Waals surface area contributed by atoms with Crippen molar-refractivity contribution < 1.29 is 14.3 Å². The Hall–Kier alpha value is -2.04. The van der Waals surface area contributed by atoms with Gasteiger partial charge in [0.2, 0.25) is 5.91 Å². The van der Waals surface area contributed by atoms with Crippen LogP contribution in [0.15, 0.2) is 24.3 Å². The van der Waals surface area contributed by atoms with Gasteiger partial charge in [0.1, 0.15) is 0 Å². The maximum absolute atomic E-state index is 11.9. The topological polar surface area (TPSA) is 49.9 Å². The molecule has 2 rings (SSSR count). The van der Waals surface area contributed by atoms with Crippen molar-refractivity contribution in [2.45, 2.75) is 6.92 Å². The van der Waals surface area contributed by atoms with Gasteiger partial charge < -0.3 is 14.5 Å². The summed E-state index contributed by atoms with van der Waals surface area (Å²) in [6, 6.07) is 7.22. The van der Waals surface area contributed by atoms with Gasteiger partial charge in [-0.25, -0.2) is 4.79 Å². The maximum atomic E-state index is 11.9. The van der Waals surface area contributed by atoms with Crippen LogP contribution in [0.5, 0.6) is 0 Å². The largest absolute Gasteiger partial charge is 0.465 e. The monoisotopic (exact) mass is 262 g/mol. The molecule has 5 nitrogen and oxygen atoms in total. The van der Waals surface area contributed by atoms with Crippen LogP contribution in [-0.2, 0) is 9.53 Å². The zero-order valence-electron chi connectivity index (χ0n) is 11.3. The van der Waals surface area contributed by atoms with Gasteiger partial charge in [0.15, 0.2) is 0 Å². The van der Waals surface area contributed by atoms with Crippen molar-refractivity contribution in [3.8, 4) is 0 Å². The van der Waals surface area contributed by atoms with Crippen LogP contribution < -0.4 is 4.90 Å². The smallest absolute Gasteiger partial charge is 0.339 e. The highest BCUT2D eigenvalue weighted by Crippen LogP contribution is 2.22. The lowest BCUT2D eigenvalue weighted by molar-refractivity contribution is -0.130. The molecule has 1 amide bonds. The molecule has 0 unspecified atom stereocenters. The van der Waals surface area contributed by atoms with Crippen molar-refractivity contribution in [2.24, 2.45) is 0 Å². The predicted octanol–water partition coefficient (Wildman–Crippen LogP) is 1.14. The molecule has 1 saturated heterocycles. The first-order chi connectivity index (χ1) is 9.17. The quantitative estimate of drug-likeness (QED) is 0.767. The van der Waals surface area contributed by atoms with Crippen LogP contribution in [0.2, 0.25) is 0 Å². The summed E-state index contributed by atoms with van der Waals surface area (Å²) in [7, 11) is 1.36. The van der Waals surface area contributed by atoms with Gasteiger partial charge in [-0.05, 0) is 19.1 Å². The molecular formula is C14H18N2O3. The summed E-state index contributed by atoms with van der Waals surface area (Å²) in [5.41, 5.74) is 1.27. The molecule has 0 spiro atoms. The number of rotatable bonds is 3. The van der Waals surface area contributed by atoms with Gasteiger partial charge in [-0.2, -0.15) is 0 Å². The minimum Gasteiger partial charge on any atom is -0.465 e. The second kappa shape index (κ2) is 5.73. The third-order valence-electron chi connectivity index (χ3n) is 3.35. The molecule has 102 valence electrons. The molecule has 0 aromatic heterocycles. The number of hydrogen-bond acceptors (Lipinski definition) is 4. The van der Waals surface area contributed by atoms with Crippen molar-refractivity contribution in [3.63, 3.8) is 0 Å². The van der Waals surface area contributed by atoms with E-state index in [1.165, 1.54) is 7.11 Å². The van der Waals surface area contributed by atoms with Gasteiger partial charge in [-0.3, -0.25) is 4.79 Å². The first-order valence-corrected chi connectivity index (χ1v) is 6.37. The molecule has 1 heterocycles. The number of amides is 1. The molecule has 0 aliphatic carbocycles. The third-order valence-corrected chi connectivity index (χ3v) is 3.35. The fourth-order valence-corrected chi connectivity index (χ4v) is 2.28. The normalized spacial score (nSPS) is 15.6. The number of hydrogen-bond donors (Lipinski definition) is 0. The Morgan fingerprint density at radius 2 is 2.05 bits per heavy atom.